The highest BCUT2D eigenvalue weighted by Crippen LogP contribution is 2.38. The van der Waals surface area contributed by atoms with Gasteiger partial charge in [-0.05, 0) is 35.6 Å². The highest BCUT2D eigenvalue weighted by Gasteiger charge is 2.51. The predicted molar refractivity (Wildman–Crippen MR) is 140 cm³/mol. The summed E-state index contributed by atoms with van der Waals surface area (Å²) in [5.74, 6) is -1.72. The molecule has 0 N–H and O–H groups in total. The van der Waals surface area contributed by atoms with Crippen molar-refractivity contribution < 1.29 is 38.1 Å². The number of carbonyl (C=O) groups is 3. The Labute approximate surface area is 230 Å². The van der Waals surface area contributed by atoms with E-state index in [2.05, 4.69) is 34.0 Å². The van der Waals surface area contributed by atoms with Crippen molar-refractivity contribution in [2.24, 2.45) is 0 Å². The molecule has 0 amide bonds. The van der Waals surface area contributed by atoms with Crippen LogP contribution in [-0.4, -0.2) is 62.3 Å². The molecule has 4 atom stereocenters. The fraction of sp³-hybridized carbons (Fsp3) is 0.500. The van der Waals surface area contributed by atoms with Gasteiger partial charge in [0.1, 0.15) is 30.2 Å². The zero-order chi connectivity index (χ0) is 28.4. The van der Waals surface area contributed by atoms with Gasteiger partial charge in [0.2, 0.25) is 0 Å². The van der Waals surface area contributed by atoms with Crippen LogP contribution >= 0.6 is 0 Å². The van der Waals surface area contributed by atoms with Crippen LogP contribution in [0.4, 0.5) is 0 Å². The molecule has 0 bridgehead atoms. The lowest BCUT2D eigenvalue weighted by atomic mass is 9.94. The second-order valence-corrected chi connectivity index (χ2v) is 9.94. The van der Waals surface area contributed by atoms with Crippen molar-refractivity contribution >= 4 is 29.1 Å². The molecule has 212 valence electrons. The van der Waals surface area contributed by atoms with Gasteiger partial charge in [-0.25, -0.2) is 15.0 Å². The Morgan fingerprint density at radius 1 is 0.975 bits per heavy atom. The van der Waals surface area contributed by atoms with Crippen molar-refractivity contribution in [3.8, 4) is 11.3 Å². The van der Waals surface area contributed by atoms with E-state index in [1.165, 1.54) is 39.0 Å². The Balaban J connectivity index is 1.57. The maximum atomic E-state index is 12.1. The van der Waals surface area contributed by atoms with E-state index in [-0.39, 0.29) is 6.61 Å². The van der Waals surface area contributed by atoms with E-state index in [1.54, 1.807) is 4.57 Å². The summed E-state index contributed by atoms with van der Waals surface area (Å²) in [4.78, 5) is 49.3. The maximum Gasteiger partial charge on any atom is 0.303 e. The van der Waals surface area contributed by atoms with E-state index < -0.39 is 42.4 Å². The molecule has 1 fully saturated rings. The molecule has 0 spiro atoms. The number of ether oxygens (including phenoxy) is 5. The van der Waals surface area contributed by atoms with Crippen LogP contribution in [0.1, 0.15) is 63.5 Å². The number of aromatic nitrogens is 4. The normalized spacial score (nSPS) is 21.8. The Morgan fingerprint density at radius 3 is 2.40 bits per heavy atom. The van der Waals surface area contributed by atoms with Crippen LogP contribution in [0.25, 0.3) is 22.4 Å². The van der Waals surface area contributed by atoms with Crippen LogP contribution in [0.5, 0.6) is 0 Å². The predicted octanol–water partition coefficient (Wildman–Crippen LogP) is 3.19. The molecule has 2 aromatic heterocycles. The SMILES string of the molecule is CCCCc1cc2c(cc1-c1ncnc3c1ncn3[C@@H]1O[C@H](COC(C)=O)[C@@H](OC(C)=O)[C@H]1OC(C)=O)COC2. The van der Waals surface area contributed by atoms with Crippen molar-refractivity contribution in [1.82, 2.24) is 19.5 Å². The quantitative estimate of drug-likeness (QED) is 0.285. The average Bonchev–Trinajstić information content (AvgIpc) is 3.62. The fourth-order valence-corrected chi connectivity index (χ4v) is 5.23. The highest BCUT2D eigenvalue weighted by molar-refractivity contribution is 5.88. The van der Waals surface area contributed by atoms with Gasteiger partial charge in [-0.2, -0.15) is 0 Å². The number of aryl methyl sites for hydroxylation is 1. The Morgan fingerprint density at radius 2 is 1.70 bits per heavy atom. The van der Waals surface area contributed by atoms with Crippen molar-refractivity contribution in [2.75, 3.05) is 6.61 Å². The van der Waals surface area contributed by atoms with E-state index in [1.807, 2.05) is 0 Å². The zero-order valence-electron chi connectivity index (χ0n) is 22.9. The molecule has 1 aromatic carbocycles. The molecule has 0 radical (unpaired) electrons. The minimum atomic E-state index is -1.05. The lowest BCUT2D eigenvalue weighted by molar-refractivity contribution is -0.166. The number of hydrogen-bond donors (Lipinski definition) is 0. The largest absolute Gasteiger partial charge is 0.463 e. The molecule has 2 aliphatic heterocycles. The molecule has 3 aromatic rings. The van der Waals surface area contributed by atoms with E-state index in [4.69, 9.17) is 23.7 Å². The Kier molecular flexibility index (Phi) is 8.08. The molecule has 12 heteroatoms. The number of fused-ring (bicyclic) bond motifs is 2. The van der Waals surface area contributed by atoms with Gasteiger partial charge in [-0.3, -0.25) is 19.0 Å². The highest BCUT2D eigenvalue weighted by atomic mass is 16.7. The average molecular weight is 553 g/mol. The molecular weight excluding hydrogens is 520 g/mol. The van der Waals surface area contributed by atoms with Crippen molar-refractivity contribution in [1.29, 1.82) is 0 Å². The molecular formula is C28H32N4O8. The molecule has 0 unspecified atom stereocenters. The first kappa shape index (κ1) is 27.7. The summed E-state index contributed by atoms with van der Waals surface area (Å²) in [6, 6.07) is 4.31. The standard InChI is InChI=1S/C28H32N4O8/c1-5-6-7-18-8-19-10-36-11-20(19)9-21(18)23-24-27(30-13-29-23)32(14-31-24)28-26(39-17(4)35)25(38-16(3)34)22(40-28)12-37-15(2)33/h8-9,13-14,22,25-26,28H,5-7,10-12H2,1-4H3/t22-,25-,26-,28-/m1/s1. The Bertz CT molecular complexity index is 1440. The molecule has 0 aliphatic carbocycles. The van der Waals surface area contributed by atoms with E-state index >= 15 is 0 Å². The topological polar surface area (TPSA) is 141 Å². The number of unbranched alkanes of at least 4 members (excludes halogenated alkanes) is 1. The van der Waals surface area contributed by atoms with Crippen LogP contribution in [-0.2, 0) is 57.7 Å². The smallest absolute Gasteiger partial charge is 0.303 e. The van der Waals surface area contributed by atoms with Crippen molar-refractivity contribution in [3.05, 3.63) is 41.5 Å². The summed E-state index contributed by atoms with van der Waals surface area (Å²) in [5, 5.41) is 0. The van der Waals surface area contributed by atoms with Crippen LogP contribution in [0.3, 0.4) is 0 Å². The number of rotatable bonds is 9. The number of carbonyl (C=O) groups excluding carboxylic acids is 3. The first-order valence-electron chi connectivity index (χ1n) is 13.3. The summed E-state index contributed by atoms with van der Waals surface area (Å²) in [6.07, 6.45) is 2.02. The number of benzene rings is 1. The summed E-state index contributed by atoms with van der Waals surface area (Å²) in [5.41, 5.74) is 6.07. The second kappa shape index (κ2) is 11.7. The number of imidazole rings is 1. The molecule has 40 heavy (non-hydrogen) atoms. The second-order valence-electron chi connectivity index (χ2n) is 9.94. The van der Waals surface area contributed by atoms with Gasteiger partial charge in [0.15, 0.2) is 24.1 Å². The van der Waals surface area contributed by atoms with Gasteiger partial charge < -0.3 is 23.7 Å². The molecule has 2 aliphatic rings. The first-order chi connectivity index (χ1) is 19.3. The van der Waals surface area contributed by atoms with E-state index in [0.29, 0.717) is 30.1 Å². The first-order valence-corrected chi connectivity index (χ1v) is 13.3. The van der Waals surface area contributed by atoms with Gasteiger partial charge >= 0.3 is 17.9 Å². The maximum absolute atomic E-state index is 12.1. The summed E-state index contributed by atoms with van der Waals surface area (Å²) in [6.45, 7) is 6.84. The van der Waals surface area contributed by atoms with Crippen molar-refractivity contribution in [2.45, 2.75) is 84.7 Å². The van der Waals surface area contributed by atoms with Gasteiger partial charge in [0.25, 0.3) is 0 Å². The van der Waals surface area contributed by atoms with Crippen LogP contribution in [0.15, 0.2) is 24.8 Å². The molecule has 12 nitrogen and oxygen atoms in total. The van der Waals surface area contributed by atoms with Gasteiger partial charge in [0.05, 0.1) is 19.5 Å². The lowest BCUT2D eigenvalue weighted by Crippen LogP contribution is -2.40. The van der Waals surface area contributed by atoms with E-state index in [0.717, 1.165) is 36.0 Å². The summed E-state index contributed by atoms with van der Waals surface area (Å²) < 4.78 is 29.7. The minimum absolute atomic E-state index is 0.202. The zero-order valence-corrected chi connectivity index (χ0v) is 22.9. The third kappa shape index (κ3) is 5.54. The fourth-order valence-electron chi connectivity index (χ4n) is 5.23. The van der Waals surface area contributed by atoms with Gasteiger partial charge in [0, 0.05) is 26.3 Å². The molecule has 1 saturated heterocycles. The Hall–Kier alpha value is -3.90. The van der Waals surface area contributed by atoms with Gasteiger partial charge in [-0.1, -0.05) is 19.4 Å². The molecule has 0 saturated carbocycles. The third-order valence-electron chi connectivity index (χ3n) is 6.97. The number of hydrogen-bond acceptors (Lipinski definition) is 11. The summed E-state index contributed by atoms with van der Waals surface area (Å²) in [7, 11) is 0. The van der Waals surface area contributed by atoms with Crippen LogP contribution < -0.4 is 0 Å². The summed E-state index contributed by atoms with van der Waals surface area (Å²) >= 11 is 0. The monoisotopic (exact) mass is 552 g/mol. The lowest BCUT2D eigenvalue weighted by Gasteiger charge is -2.23. The number of nitrogens with zero attached hydrogens (tertiary/aromatic N) is 4. The number of esters is 3. The van der Waals surface area contributed by atoms with Crippen molar-refractivity contribution in [3.63, 3.8) is 0 Å². The minimum Gasteiger partial charge on any atom is -0.463 e. The van der Waals surface area contributed by atoms with E-state index in [9.17, 15) is 14.4 Å². The van der Waals surface area contributed by atoms with Crippen LogP contribution in [0, 0.1) is 0 Å². The third-order valence-corrected chi connectivity index (χ3v) is 6.97. The molecule has 5 rings (SSSR count). The van der Waals surface area contributed by atoms with Gasteiger partial charge in [-0.15, -0.1) is 0 Å². The van der Waals surface area contributed by atoms with Crippen LogP contribution in [0.2, 0.25) is 0 Å². The molecule has 4 heterocycles.